The van der Waals surface area contributed by atoms with Crippen molar-refractivity contribution in [2.24, 2.45) is 11.8 Å². The normalized spacial score (nSPS) is 19.1. The van der Waals surface area contributed by atoms with Gasteiger partial charge >= 0.3 is 0 Å². The Labute approximate surface area is 112 Å². The summed E-state index contributed by atoms with van der Waals surface area (Å²) < 4.78 is 0. The van der Waals surface area contributed by atoms with Crippen molar-refractivity contribution in [3.05, 3.63) is 0 Å². The van der Waals surface area contributed by atoms with Gasteiger partial charge in [-0.25, -0.2) is 0 Å². The van der Waals surface area contributed by atoms with Gasteiger partial charge in [-0.15, -0.1) is 12.4 Å². The summed E-state index contributed by atoms with van der Waals surface area (Å²) in [6, 6.07) is 0. The molecule has 1 atom stereocenters. The highest BCUT2D eigenvalue weighted by molar-refractivity contribution is 5.85. The van der Waals surface area contributed by atoms with Gasteiger partial charge in [-0.3, -0.25) is 4.79 Å². The van der Waals surface area contributed by atoms with E-state index >= 15 is 0 Å². The molecule has 0 saturated carbocycles. The van der Waals surface area contributed by atoms with E-state index < -0.39 is 0 Å². The third kappa shape index (κ3) is 8.44. The maximum absolute atomic E-state index is 11.5. The van der Waals surface area contributed by atoms with Crippen LogP contribution in [-0.4, -0.2) is 25.5 Å². The number of halogens is 1. The molecule has 1 amide bonds. The summed E-state index contributed by atoms with van der Waals surface area (Å²) in [5.74, 6) is 1.69. The average Bonchev–Trinajstić information content (AvgIpc) is 2.74. The molecule has 0 aromatic rings. The SMILES string of the molecule is CC(C)CCCNC(=O)CCC1CCNC1.Cl. The first-order valence-electron chi connectivity index (χ1n) is 6.66. The molecule has 4 heteroatoms. The molecular weight excluding hydrogens is 236 g/mol. The molecule has 3 nitrogen and oxygen atoms in total. The second kappa shape index (κ2) is 9.72. The number of hydrogen-bond acceptors (Lipinski definition) is 2. The fraction of sp³-hybridized carbons (Fsp3) is 0.923. The van der Waals surface area contributed by atoms with Gasteiger partial charge in [0, 0.05) is 13.0 Å². The van der Waals surface area contributed by atoms with E-state index in [1.165, 1.54) is 12.8 Å². The largest absolute Gasteiger partial charge is 0.356 e. The minimum Gasteiger partial charge on any atom is -0.356 e. The lowest BCUT2D eigenvalue weighted by Crippen LogP contribution is -2.25. The summed E-state index contributed by atoms with van der Waals surface area (Å²) in [5.41, 5.74) is 0. The molecule has 0 aromatic carbocycles. The number of amides is 1. The van der Waals surface area contributed by atoms with Crippen LogP contribution in [0.1, 0.15) is 46.0 Å². The van der Waals surface area contributed by atoms with Crippen molar-refractivity contribution in [3.63, 3.8) is 0 Å². The van der Waals surface area contributed by atoms with Gasteiger partial charge in [-0.2, -0.15) is 0 Å². The molecule has 1 fully saturated rings. The lowest BCUT2D eigenvalue weighted by atomic mass is 10.0. The molecule has 0 spiro atoms. The van der Waals surface area contributed by atoms with Gasteiger partial charge in [0.05, 0.1) is 0 Å². The van der Waals surface area contributed by atoms with Gasteiger partial charge in [-0.1, -0.05) is 13.8 Å². The monoisotopic (exact) mass is 262 g/mol. The quantitative estimate of drug-likeness (QED) is 0.692. The Hall–Kier alpha value is -0.280. The van der Waals surface area contributed by atoms with Crippen molar-refractivity contribution in [2.75, 3.05) is 19.6 Å². The van der Waals surface area contributed by atoms with E-state index in [2.05, 4.69) is 24.5 Å². The summed E-state index contributed by atoms with van der Waals surface area (Å²) in [6.07, 6.45) is 5.29. The second-order valence-corrected chi connectivity index (χ2v) is 5.28. The third-order valence-corrected chi connectivity index (χ3v) is 3.22. The summed E-state index contributed by atoms with van der Waals surface area (Å²) in [4.78, 5) is 11.5. The van der Waals surface area contributed by atoms with Crippen LogP contribution in [0.2, 0.25) is 0 Å². The van der Waals surface area contributed by atoms with E-state index in [-0.39, 0.29) is 18.3 Å². The zero-order valence-electron chi connectivity index (χ0n) is 11.1. The topological polar surface area (TPSA) is 41.1 Å². The minimum absolute atomic E-state index is 0. The predicted octanol–water partition coefficient (Wildman–Crippen LogP) is 2.35. The third-order valence-electron chi connectivity index (χ3n) is 3.22. The van der Waals surface area contributed by atoms with Crippen LogP contribution < -0.4 is 10.6 Å². The lowest BCUT2D eigenvalue weighted by molar-refractivity contribution is -0.121. The van der Waals surface area contributed by atoms with Crippen molar-refractivity contribution in [3.8, 4) is 0 Å². The first kappa shape index (κ1) is 16.7. The Morgan fingerprint density at radius 2 is 2.24 bits per heavy atom. The maximum Gasteiger partial charge on any atom is 0.220 e. The van der Waals surface area contributed by atoms with Crippen molar-refractivity contribution in [2.45, 2.75) is 46.0 Å². The van der Waals surface area contributed by atoms with Crippen molar-refractivity contribution in [1.82, 2.24) is 10.6 Å². The molecule has 1 aliphatic rings. The van der Waals surface area contributed by atoms with Gasteiger partial charge in [0.15, 0.2) is 0 Å². The molecule has 0 bridgehead atoms. The predicted molar refractivity (Wildman–Crippen MR) is 74.5 cm³/mol. The number of nitrogens with one attached hydrogen (secondary N) is 2. The molecule has 1 rings (SSSR count). The minimum atomic E-state index is 0. The Morgan fingerprint density at radius 3 is 2.82 bits per heavy atom. The molecule has 102 valence electrons. The fourth-order valence-corrected chi connectivity index (χ4v) is 2.12. The highest BCUT2D eigenvalue weighted by atomic mass is 35.5. The molecule has 1 heterocycles. The second-order valence-electron chi connectivity index (χ2n) is 5.28. The number of rotatable bonds is 7. The van der Waals surface area contributed by atoms with Crippen LogP contribution >= 0.6 is 12.4 Å². The zero-order valence-corrected chi connectivity index (χ0v) is 11.9. The van der Waals surface area contributed by atoms with E-state index in [4.69, 9.17) is 0 Å². The van der Waals surface area contributed by atoms with Crippen molar-refractivity contribution < 1.29 is 4.79 Å². The number of carbonyl (C=O) groups excluding carboxylic acids is 1. The summed E-state index contributed by atoms with van der Waals surface area (Å²) in [7, 11) is 0. The van der Waals surface area contributed by atoms with Gasteiger partial charge in [0.1, 0.15) is 0 Å². The first-order valence-corrected chi connectivity index (χ1v) is 6.66. The van der Waals surface area contributed by atoms with Crippen LogP contribution in [0.3, 0.4) is 0 Å². The summed E-state index contributed by atoms with van der Waals surface area (Å²) in [5, 5.41) is 6.33. The molecular formula is C13H27ClN2O. The zero-order chi connectivity index (χ0) is 11.8. The highest BCUT2D eigenvalue weighted by Crippen LogP contribution is 2.13. The summed E-state index contributed by atoms with van der Waals surface area (Å²) in [6.45, 7) is 7.51. The summed E-state index contributed by atoms with van der Waals surface area (Å²) >= 11 is 0. The Kier molecular flexibility index (Phi) is 9.56. The van der Waals surface area contributed by atoms with Crippen LogP contribution in [0, 0.1) is 11.8 Å². The molecule has 1 saturated heterocycles. The molecule has 0 aromatic heterocycles. The van der Waals surface area contributed by atoms with Crippen molar-refractivity contribution in [1.29, 1.82) is 0 Å². The first-order chi connectivity index (χ1) is 7.68. The molecule has 1 unspecified atom stereocenters. The van der Waals surface area contributed by atoms with E-state index in [1.807, 2.05) is 0 Å². The number of hydrogen-bond donors (Lipinski definition) is 2. The molecule has 1 aliphatic heterocycles. The fourth-order valence-electron chi connectivity index (χ4n) is 2.12. The Morgan fingerprint density at radius 1 is 1.47 bits per heavy atom. The smallest absolute Gasteiger partial charge is 0.220 e. The molecule has 0 aliphatic carbocycles. The average molecular weight is 263 g/mol. The molecule has 17 heavy (non-hydrogen) atoms. The lowest BCUT2D eigenvalue weighted by Gasteiger charge is -2.09. The molecule has 0 radical (unpaired) electrons. The molecule has 2 N–H and O–H groups in total. The maximum atomic E-state index is 11.5. The standard InChI is InChI=1S/C13H26N2O.ClH/c1-11(2)4-3-8-15-13(16)6-5-12-7-9-14-10-12;/h11-12,14H,3-10H2,1-2H3,(H,15,16);1H. The van der Waals surface area contributed by atoms with Crippen LogP contribution in [0.4, 0.5) is 0 Å². The van der Waals surface area contributed by atoms with Gasteiger partial charge in [-0.05, 0) is 50.6 Å². The van der Waals surface area contributed by atoms with E-state index in [9.17, 15) is 4.79 Å². The van der Waals surface area contributed by atoms with Crippen LogP contribution in [-0.2, 0) is 4.79 Å². The van der Waals surface area contributed by atoms with Crippen molar-refractivity contribution >= 4 is 18.3 Å². The number of carbonyl (C=O) groups is 1. The van der Waals surface area contributed by atoms with Crippen LogP contribution in [0.25, 0.3) is 0 Å². The van der Waals surface area contributed by atoms with Gasteiger partial charge in [0.2, 0.25) is 5.91 Å². The van der Waals surface area contributed by atoms with Crippen LogP contribution in [0.5, 0.6) is 0 Å². The van der Waals surface area contributed by atoms with Gasteiger partial charge < -0.3 is 10.6 Å². The van der Waals surface area contributed by atoms with Gasteiger partial charge in [0.25, 0.3) is 0 Å². The van der Waals surface area contributed by atoms with E-state index in [1.54, 1.807) is 0 Å². The Balaban J connectivity index is 0.00000256. The van der Waals surface area contributed by atoms with E-state index in [0.29, 0.717) is 6.42 Å². The van der Waals surface area contributed by atoms with E-state index in [0.717, 1.165) is 44.3 Å². The highest BCUT2D eigenvalue weighted by Gasteiger charge is 2.15. The Bertz CT molecular complexity index is 204. The van der Waals surface area contributed by atoms with Crippen LogP contribution in [0.15, 0.2) is 0 Å².